The number of aromatic nitrogens is 1. The van der Waals surface area contributed by atoms with Crippen LogP contribution in [0.5, 0.6) is 0 Å². The van der Waals surface area contributed by atoms with Gasteiger partial charge in [0.1, 0.15) is 5.69 Å². The SMILES string of the molecule is CNS(=O)(=O)C[C@](C)(N)c1csc2ccc(NC(=O)c3ccc(Cl)cn3)cc12. The van der Waals surface area contributed by atoms with Crippen LogP contribution < -0.4 is 15.8 Å². The Morgan fingerprint density at radius 2 is 2.07 bits per heavy atom. The molecule has 4 N–H and O–H groups in total. The summed E-state index contributed by atoms with van der Waals surface area (Å²) in [5.74, 6) is -0.630. The van der Waals surface area contributed by atoms with Crippen LogP contribution in [0.4, 0.5) is 5.69 Å². The first kappa shape index (κ1) is 20.7. The highest BCUT2D eigenvalue weighted by atomic mass is 35.5. The zero-order valence-electron chi connectivity index (χ0n) is 15.2. The number of benzene rings is 1. The maximum absolute atomic E-state index is 12.4. The van der Waals surface area contributed by atoms with E-state index in [2.05, 4.69) is 15.0 Å². The third kappa shape index (κ3) is 4.50. The predicted molar refractivity (Wildman–Crippen MR) is 113 cm³/mol. The van der Waals surface area contributed by atoms with Crippen LogP contribution in [-0.2, 0) is 15.6 Å². The molecular formula is C18H19ClN4O3S2. The molecule has 28 heavy (non-hydrogen) atoms. The molecule has 0 spiro atoms. The Morgan fingerprint density at radius 3 is 2.71 bits per heavy atom. The number of anilines is 1. The second-order valence-electron chi connectivity index (χ2n) is 6.56. The Bertz CT molecular complexity index is 1130. The van der Waals surface area contributed by atoms with E-state index in [0.29, 0.717) is 16.3 Å². The van der Waals surface area contributed by atoms with Gasteiger partial charge in [0.25, 0.3) is 5.91 Å². The minimum absolute atomic E-state index is 0.235. The number of pyridine rings is 1. The Balaban J connectivity index is 1.92. The fourth-order valence-electron chi connectivity index (χ4n) is 2.80. The summed E-state index contributed by atoms with van der Waals surface area (Å²) >= 11 is 7.26. The summed E-state index contributed by atoms with van der Waals surface area (Å²) in [6, 6.07) is 8.54. The average Bonchev–Trinajstić information content (AvgIpc) is 3.05. The van der Waals surface area contributed by atoms with Crippen LogP contribution in [0.15, 0.2) is 41.9 Å². The molecule has 0 aliphatic carbocycles. The van der Waals surface area contributed by atoms with Crippen molar-refractivity contribution in [1.29, 1.82) is 0 Å². The second-order valence-corrected chi connectivity index (χ2v) is 9.83. The number of hydrogen-bond acceptors (Lipinski definition) is 6. The topological polar surface area (TPSA) is 114 Å². The molecule has 0 aliphatic rings. The third-order valence-corrected chi connectivity index (χ3v) is 7.00. The van der Waals surface area contributed by atoms with Crippen molar-refractivity contribution in [2.75, 3.05) is 18.1 Å². The number of sulfonamides is 1. The van der Waals surface area contributed by atoms with Crippen molar-refractivity contribution in [3.05, 3.63) is 58.2 Å². The van der Waals surface area contributed by atoms with Crippen molar-refractivity contribution >= 4 is 54.6 Å². The van der Waals surface area contributed by atoms with Crippen LogP contribution in [0.2, 0.25) is 5.02 Å². The van der Waals surface area contributed by atoms with E-state index in [-0.39, 0.29) is 17.4 Å². The van der Waals surface area contributed by atoms with Crippen molar-refractivity contribution in [3.63, 3.8) is 0 Å². The Kier molecular flexibility index (Phi) is 5.74. The van der Waals surface area contributed by atoms with E-state index < -0.39 is 15.6 Å². The highest BCUT2D eigenvalue weighted by molar-refractivity contribution is 7.89. The molecule has 0 unspecified atom stereocenters. The van der Waals surface area contributed by atoms with Gasteiger partial charge >= 0.3 is 0 Å². The number of halogens is 1. The first-order valence-corrected chi connectivity index (χ1v) is 11.2. The summed E-state index contributed by atoms with van der Waals surface area (Å²) in [6.07, 6.45) is 1.40. The molecule has 0 aliphatic heterocycles. The normalized spacial score (nSPS) is 14.0. The third-order valence-electron chi connectivity index (χ3n) is 4.21. The van der Waals surface area contributed by atoms with E-state index in [1.165, 1.54) is 30.6 Å². The molecule has 148 valence electrons. The van der Waals surface area contributed by atoms with Gasteiger partial charge in [-0.15, -0.1) is 11.3 Å². The minimum Gasteiger partial charge on any atom is -0.321 e. The highest BCUT2D eigenvalue weighted by Crippen LogP contribution is 2.35. The maximum atomic E-state index is 12.4. The number of carbonyl (C=O) groups is 1. The predicted octanol–water partition coefficient (Wildman–Crippen LogP) is 2.93. The first-order valence-electron chi connectivity index (χ1n) is 8.26. The Labute approximate surface area is 172 Å². The molecule has 1 aromatic carbocycles. The zero-order valence-corrected chi connectivity index (χ0v) is 17.6. The molecule has 0 saturated carbocycles. The van der Waals surface area contributed by atoms with Gasteiger partial charge in [-0.25, -0.2) is 18.1 Å². The summed E-state index contributed by atoms with van der Waals surface area (Å²) < 4.78 is 27.2. The van der Waals surface area contributed by atoms with Gasteiger partial charge in [-0.1, -0.05) is 11.6 Å². The molecule has 1 atom stereocenters. The number of nitrogens with one attached hydrogen (secondary N) is 2. The van der Waals surface area contributed by atoms with Gasteiger partial charge in [0, 0.05) is 16.6 Å². The molecule has 0 bridgehead atoms. The molecule has 3 aromatic rings. The summed E-state index contributed by atoms with van der Waals surface area (Å²) in [5.41, 5.74) is 6.74. The summed E-state index contributed by atoms with van der Waals surface area (Å²) in [7, 11) is -2.14. The molecule has 0 radical (unpaired) electrons. The lowest BCUT2D eigenvalue weighted by molar-refractivity contribution is 0.102. The van der Waals surface area contributed by atoms with Gasteiger partial charge in [0.05, 0.1) is 16.3 Å². The number of thiophene rings is 1. The molecule has 1 amide bonds. The van der Waals surface area contributed by atoms with Gasteiger partial charge < -0.3 is 11.1 Å². The van der Waals surface area contributed by atoms with E-state index in [1.54, 1.807) is 25.1 Å². The van der Waals surface area contributed by atoms with Crippen LogP contribution in [0.1, 0.15) is 23.0 Å². The van der Waals surface area contributed by atoms with Crippen molar-refractivity contribution < 1.29 is 13.2 Å². The van der Waals surface area contributed by atoms with Crippen LogP contribution in [0.3, 0.4) is 0 Å². The molecule has 2 aromatic heterocycles. The van der Waals surface area contributed by atoms with Gasteiger partial charge in [0.15, 0.2) is 0 Å². The standard InChI is InChI=1S/C18H19ClN4O3S2/c1-18(20,10-28(25,26)21-2)14-9-27-16-6-4-12(7-13(14)16)23-17(24)15-5-3-11(19)8-22-15/h3-9,21H,10,20H2,1-2H3,(H,23,24)/t18-/m0/s1. The number of nitrogens with two attached hydrogens (primary N) is 1. The molecule has 10 heteroatoms. The maximum Gasteiger partial charge on any atom is 0.274 e. The molecule has 7 nitrogen and oxygen atoms in total. The summed E-state index contributed by atoms with van der Waals surface area (Å²) in [5, 5.41) is 5.87. The minimum atomic E-state index is -3.50. The lowest BCUT2D eigenvalue weighted by atomic mass is 9.95. The fraction of sp³-hybridized carbons (Fsp3) is 0.222. The smallest absolute Gasteiger partial charge is 0.274 e. The molecular weight excluding hydrogens is 420 g/mol. The van der Waals surface area contributed by atoms with Crippen molar-refractivity contribution in [2.45, 2.75) is 12.5 Å². The lowest BCUT2D eigenvalue weighted by Crippen LogP contribution is -2.43. The second kappa shape index (κ2) is 7.76. The number of amides is 1. The Hall–Kier alpha value is -2.04. The highest BCUT2D eigenvalue weighted by Gasteiger charge is 2.30. The van der Waals surface area contributed by atoms with Crippen LogP contribution >= 0.6 is 22.9 Å². The van der Waals surface area contributed by atoms with Crippen molar-refractivity contribution in [2.24, 2.45) is 5.73 Å². The molecule has 2 heterocycles. The number of fused-ring (bicyclic) bond motifs is 1. The molecule has 0 fully saturated rings. The van der Waals surface area contributed by atoms with Gasteiger partial charge in [-0.2, -0.15) is 0 Å². The van der Waals surface area contributed by atoms with E-state index in [0.717, 1.165) is 10.1 Å². The van der Waals surface area contributed by atoms with Crippen LogP contribution in [0, 0.1) is 0 Å². The van der Waals surface area contributed by atoms with Gasteiger partial charge in [-0.3, -0.25) is 4.79 Å². The van der Waals surface area contributed by atoms with Crippen molar-refractivity contribution in [3.8, 4) is 0 Å². The van der Waals surface area contributed by atoms with E-state index in [9.17, 15) is 13.2 Å². The van der Waals surface area contributed by atoms with Crippen LogP contribution in [0.25, 0.3) is 10.1 Å². The quantitative estimate of drug-likeness (QED) is 0.547. The number of nitrogens with zero attached hydrogens (tertiary/aromatic N) is 1. The molecule has 0 saturated heterocycles. The number of rotatable bonds is 6. The van der Waals surface area contributed by atoms with Crippen molar-refractivity contribution in [1.82, 2.24) is 9.71 Å². The fourth-order valence-corrected chi connectivity index (χ4v) is 5.08. The zero-order chi connectivity index (χ0) is 20.5. The van der Waals surface area contributed by atoms with E-state index in [1.807, 2.05) is 11.4 Å². The van der Waals surface area contributed by atoms with Crippen LogP contribution in [-0.4, -0.2) is 32.1 Å². The largest absolute Gasteiger partial charge is 0.321 e. The van der Waals surface area contributed by atoms with Gasteiger partial charge in [0.2, 0.25) is 10.0 Å². The van der Waals surface area contributed by atoms with Gasteiger partial charge in [-0.05, 0) is 60.6 Å². The first-order chi connectivity index (χ1) is 13.1. The summed E-state index contributed by atoms with van der Waals surface area (Å²) in [4.78, 5) is 16.4. The molecule has 3 rings (SSSR count). The average molecular weight is 439 g/mol. The van der Waals surface area contributed by atoms with E-state index >= 15 is 0 Å². The van der Waals surface area contributed by atoms with E-state index in [4.69, 9.17) is 17.3 Å². The number of hydrogen-bond donors (Lipinski definition) is 3. The monoisotopic (exact) mass is 438 g/mol. The summed E-state index contributed by atoms with van der Waals surface area (Å²) in [6.45, 7) is 1.67. The lowest BCUT2D eigenvalue weighted by Gasteiger charge is -2.24. The Morgan fingerprint density at radius 1 is 1.32 bits per heavy atom. The number of carbonyl (C=O) groups excluding carboxylic acids is 1.